The normalized spacial score (nSPS) is 18.1. The molecule has 1 fully saturated rings. The molecule has 1 heterocycles. The van der Waals surface area contributed by atoms with E-state index in [2.05, 4.69) is 0 Å². The fourth-order valence-corrected chi connectivity index (χ4v) is 4.29. The molecule has 1 aliphatic heterocycles. The van der Waals surface area contributed by atoms with Gasteiger partial charge in [-0.25, -0.2) is 17.6 Å². The van der Waals surface area contributed by atoms with Gasteiger partial charge in [-0.2, -0.15) is 0 Å². The third-order valence-corrected chi connectivity index (χ3v) is 6.56. The Bertz CT molecular complexity index is 1220. The van der Waals surface area contributed by atoms with Crippen molar-refractivity contribution in [1.29, 1.82) is 0 Å². The topological polar surface area (TPSA) is 18.5 Å². The van der Waals surface area contributed by atoms with E-state index in [4.69, 9.17) is 9.47 Å². The summed E-state index contributed by atoms with van der Waals surface area (Å²) >= 11 is 0. The molecule has 36 heavy (non-hydrogen) atoms. The summed E-state index contributed by atoms with van der Waals surface area (Å²) in [7, 11) is 2.02. The first-order chi connectivity index (χ1) is 17.4. The van der Waals surface area contributed by atoms with Crippen LogP contribution in [0.15, 0.2) is 60.7 Å². The summed E-state index contributed by atoms with van der Waals surface area (Å²) in [5, 5.41) is 0. The first-order valence-electron chi connectivity index (χ1n) is 12.4. The molecule has 0 N–H and O–H groups in total. The Morgan fingerprint density at radius 2 is 1.36 bits per heavy atom. The summed E-state index contributed by atoms with van der Waals surface area (Å²) in [6, 6.07) is 12.3. The Morgan fingerprint density at radius 3 is 1.94 bits per heavy atom. The van der Waals surface area contributed by atoms with E-state index in [1.807, 2.05) is 26.9 Å². The molecular formula is C29H29BF4O2. The highest BCUT2D eigenvalue weighted by molar-refractivity contribution is 6.08. The minimum atomic E-state index is -1.02. The Labute approximate surface area is 210 Å². The molecular weight excluding hydrogens is 467 g/mol. The summed E-state index contributed by atoms with van der Waals surface area (Å²) in [5.41, 5.74) is 1.38. The molecule has 0 amide bonds. The predicted octanol–water partition coefficient (Wildman–Crippen LogP) is 7.19. The molecule has 3 aromatic carbocycles. The van der Waals surface area contributed by atoms with Crippen LogP contribution in [0.2, 0.25) is 6.32 Å². The first kappa shape index (κ1) is 26.2. The molecule has 4 rings (SSSR count). The van der Waals surface area contributed by atoms with Crippen LogP contribution < -0.4 is 0 Å². The van der Waals surface area contributed by atoms with Crippen LogP contribution in [0.25, 0.3) is 22.3 Å². The zero-order chi connectivity index (χ0) is 25.7. The highest BCUT2D eigenvalue weighted by atomic mass is 19.2. The quantitative estimate of drug-likeness (QED) is 0.187. The molecule has 3 aromatic rings. The molecule has 7 heteroatoms. The zero-order valence-electron chi connectivity index (χ0n) is 20.5. The molecule has 1 saturated heterocycles. The summed E-state index contributed by atoms with van der Waals surface area (Å²) in [6.07, 6.45) is 5.83. The van der Waals surface area contributed by atoms with Gasteiger partial charge in [0, 0.05) is 16.7 Å². The lowest BCUT2D eigenvalue weighted by Gasteiger charge is -2.29. The van der Waals surface area contributed by atoms with Gasteiger partial charge in [0.15, 0.2) is 29.6 Å². The van der Waals surface area contributed by atoms with Crippen molar-refractivity contribution in [2.24, 2.45) is 5.92 Å². The van der Waals surface area contributed by atoms with Crippen LogP contribution in [-0.4, -0.2) is 21.1 Å². The van der Waals surface area contributed by atoms with Crippen LogP contribution in [0.5, 0.6) is 0 Å². The van der Waals surface area contributed by atoms with Crippen molar-refractivity contribution in [1.82, 2.24) is 0 Å². The largest absolute Gasteiger partial charge is 0.348 e. The number of halogens is 4. The van der Waals surface area contributed by atoms with Crippen LogP contribution in [-0.2, 0) is 15.9 Å². The lowest BCUT2D eigenvalue weighted by molar-refractivity contribution is -0.203. The van der Waals surface area contributed by atoms with Crippen LogP contribution in [0.4, 0.5) is 17.6 Å². The first-order valence-corrected chi connectivity index (χ1v) is 12.4. The average molecular weight is 496 g/mol. The van der Waals surface area contributed by atoms with Crippen molar-refractivity contribution in [2.45, 2.75) is 38.8 Å². The SMILES string of the molecule is BCC1COC(c2ccc(-c3ccc(-c4ccc(CC/C=C/CC)c(F)c4F)cc3)c(F)c2F)OC1. The van der Waals surface area contributed by atoms with Gasteiger partial charge in [-0.1, -0.05) is 73.9 Å². The second kappa shape index (κ2) is 11.9. The van der Waals surface area contributed by atoms with E-state index in [1.165, 1.54) is 12.1 Å². The molecule has 0 aliphatic carbocycles. The van der Waals surface area contributed by atoms with E-state index >= 15 is 0 Å². The van der Waals surface area contributed by atoms with Gasteiger partial charge in [0.05, 0.1) is 13.2 Å². The number of aryl methyl sites for hydroxylation is 1. The zero-order valence-corrected chi connectivity index (χ0v) is 20.5. The van der Waals surface area contributed by atoms with Crippen LogP contribution in [0.3, 0.4) is 0 Å². The molecule has 0 atom stereocenters. The van der Waals surface area contributed by atoms with Crippen molar-refractivity contribution in [3.05, 3.63) is 95.1 Å². The molecule has 1 aliphatic rings. The van der Waals surface area contributed by atoms with E-state index in [9.17, 15) is 17.6 Å². The molecule has 0 aromatic heterocycles. The predicted molar refractivity (Wildman–Crippen MR) is 136 cm³/mol. The third-order valence-electron chi connectivity index (χ3n) is 6.56. The highest BCUT2D eigenvalue weighted by Gasteiger charge is 2.27. The van der Waals surface area contributed by atoms with E-state index < -0.39 is 29.6 Å². The Kier molecular flexibility index (Phi) is 8.65. The van der Waals surface area contributed by atoms with Gasteiger partial charge < -0.3 is 9.47 Å². The number of allylic oxidation sites excluding steroid dienone is 2. The van der Waals surface area contributed by atoms with E-state index in [0.717, 1.165) is 12.7 Å². The maximum Gasteiger partial charge on any atom is 0.186 e. The molecule has 0 bridgehead atoms. The molecule has 0 saturated carbocycles. The summed E-state index contributed by atoms with van der Waals surface area (Å²) < 4.78 is 70.5. The fraction of sp³-hybridized carbons (Fsp3) is 0.310. The average Bonchev–Trinajstić information content (AvgIpc) is 2.91. The number of ether oxygens (including phenoxy) is 2. The number of rotatable bonds is 8. The van der Waals surface area contributed by atoms with Gasteiger partial charge in [0.2, 0.25) is 0 Å². The van der Waals surface area contributed by atoms with E-state index in [1.54, 1.807) is 36.4 Å². The summed E-state index contributed by atoms with van der Waals surface area (Å²) in [4.78, 5) is 0. The Balaban J connectivity index is 1.53. The maximum atomic E-state index is 15.0. The highest BCUT2D eigenvalue weighted by Crippen LogP contribution is 2.34. The second-order valence-corrected chi connectivity index (χ2v) is 9.00. The van der Waals surface area contributed by atoms with Gasteiger partial charge in [0.25, 0.3) is 0 Å². The fourth-order valence-electron chi connectivity index (χ4n) is 4.29. The van der Waals surface area contributed by atoms with Crippen molar-refractivity contribution in [2.75, 3.05) is 13.2 Å². The number of hydrogen-bond donors (Lipinski definition) is 0. The lowest BCUT2D eigenvalue weighted by atomic mass is 9.92. The minimum Gasteiger partial charge on any atom is -0.348 e. The van der Waals surface area contributed by atoms with Crippen LogP contribution in [0, 0.1) is 29.2 Å². The van der Waals surface area contributed by atoms with Gasteiger partial charge in [-0.3, -0.25) is 0 Å². The number of hydrogen-bond acceptors (Lipinski definition) is 2. The molecule has 0 radical (unpaired) electrons. The summed E-state index contributed by atoms with van der Waals surface area (Å²) in [6.45, 7) is 2.87. The standard InChI is InChI=1S/C29H29BF4O2/c1-2-3-4-5-6-21-11-12-22(26(32)25(21)31)19-7-9-20(10-8-19)23-13-14-24(28(34)27(23)33)29-35-16-18(15-30)17-36-29/h3-4,7-14,18,29H,2,5-6,15-17,30H2,1H3/b4-3+. The van der Waals surface area contributed by atoms with Gasteiger partial charge in [0.1, 0.15) is 7.85 Å². The smallest absolute Gasteiger partial charge is 0.186 e. The van der Waals surface area contributed by atoms with Crippen molar-refractivity contribution >= 4 is 7.85 Å². The van der Waals surface area contributed by atoms with Crippen molar-refractivity contribution in [3.63, 3.8) is 0 Å². The van der Waals surface area contributed by atoms with Crippen LogP contribution >= 0.6 is 0 Å². The molecule has 2 nitrogen and oxygen atoms in total. The van der Waals surface area contributed by atoms with Crippen LogP contribution in [0.1, 0.15) is 37.2 Å². The minimum absolute atomic E-state index is 0.0187. The summed E-state index contributed by atoms with van der Waals surface area (Å²) in [5.74, 6) is -3.57. The molecule has 0 spiro atoms. The van der Waals surface area contributed by atoms with E-state index in [0.29, 0.717) is 42.7 Å². The molecule has 0 unspecified atom stereocenters. The number of benzene rings is 3. The van der Waals surface area contributed by atoms with E-state index in [-0.39, 0.29) is 22.6 Å². The molecule has 188 valence electrons. The van der Waals surface area contributed by atoms with Gasteiger partial charge in [-0.05, 0) is 41.9 Å². The Morgan fingerprint density at radius 1 is 0.778 bits per heavy atom. The maximum absolute atomic E-state index is 15.0. The second-order valence-electron chi connectivity index (χ2n) is 9.00. The van der Waals surface area contributed by atoms with Gasteiger partial charge >= 0.3 is 0 Å². The van der Waals surface area contributed by atoms with Crippen molar-refractivity contribution < 1.29 is 27.0 Å². The lowest BCUT2D eigenvalue weighted by Crippen LogP contribution is -2.27. The van der Waals surface area contributed by atoms with Crippen molar-refractivity contribution in [3.8, 4) is 22.3 Å². The third kappa shape index (κ3) is 5.58. The van der Waals surface area contributed by atoms with Gasteiger partial charge in [-0.15, -0.1) is 0 Å². The Hall–Kier alpha value is -2.90. The monoisotopic (exact) mass is 496 g/mol.